The van der Waals surface area contributed by atoms with Gasteiger partial charge in [-0.25, -0.2) is 4.79 Å². The van der Waals surface area contributed by atoms with Crippen LogP contribution in [0.25, 0.3) is 21.5 Å². The molecule has 0 unspecified atom stereocenters. The molecule has 0 saturated heterocycles. The van der Waals surface area contributed by atoms with Gasteiger partial charge in [-0.2, -0.15) is 5.21 Å². The summed E-state index contributed by atoms with van der Waals surface area (Å²) in [4.78, 5) is 13.5. The highest BCUT2D eigenvalue weighted by atomic mass is 32.1. The third-order valence-electron chi connectivity index (χ3n) is 6.08. The van der Waals surface area contributed by atoms with Crippen molar-refractivity contribution in [1.82, 2.24) is 25.2 Å². The maximum absolute atomic E-state index is 12.3. The zero-order chi connectivity index (χ0) is 23.5. The first kappa shape index (κ1) is 22.0. The quantitative estimate of drug-likeness (QED) is 0.322. The first-order valence-electron chi connectivity index (χ1n) is 11.2. The van der Waals surface area contributed by atoms with Crippen LogP contribution in [0.2, 0.25) is 0 Å². The number of nitrogens with zero attached hydrogens (tertiary/aromatic N) is 4. The number of H-pyrrole nitrogens is 1. The van der Waals surface area contributed by atoms with Gasteiger partial charge in [-0.3, -0.25) is 0 Å². The molecule has 0 amide bonds. The molecule has 172 valence electrons. The smallest absolute Gasteiger partial charge is 0.337 e. The summed E-state index contributed by atoms with van der Waals surface area (Å²) < 4.78 is 7.32. The molecule has 0 fully saturated rings. The number of hydrogen-bond donors (Lipinski definition) is 1. The van der Waals surface area contributed by atoms with Crippen LogP contribution in [-0.2, 0) is 30.5 Å². The van der Waals surface area contributed by atoms with Gasteiger partial charge >= 0.3 is 5.97 Å². The van der Waals surface area contributed by atoms with Gasteiger partial charge in [-0.05, 0) is 60.5 Å². The van der Waals surface area contributed by atoms with Crippen molar-refractivity contribution in [3.63, 3.8) is 0 Å². The van der Waals surface area contributed by atoms with Crippen LogP contribution >= 0.6 is 11.3 Å². The Morgan fingerprint density at radius 2 is 1.94 bits per heavy atom. The fourth-order valence-corrected chi connectivity index (χ4v) is 5.18. The molecular formula is C26H25N5O2S. The summed E-state index contributed by atoms with van der Waals surface area (Å²) in [7, 11) is 1.41. The summed E-state index contributed by atoms with van der Waals surface area (Å²) in [6.07, 6.45) is 2.41. The third-order valence-corrected chi connectivity index (χ3v) is 6.95. The van der Waals surface area contributed by atoms with Crippen LogP contribution in [-0.4, -0.2) is 38.3 Å². The average Bonchev–Trinajstić information content (AvgIpc) is 3.62. The Hall–Kier alpha value is -3.78. The van der Waals surface area contributed by atoms with Crippen LogP contribution in [0.1, 0.15) is 32.9 Å². The van der Waals surface area contributed by atoms with Crippen LogP contribution in [0.5, 0.6) is 0 Å². The second-order valence-corrected chi connectivity index (χ2v) is 9.19. The molecule has 1 N–H and O–H groups in total. The summed E-state index contributed by atoms with van der Waals surface area (Å²) in [6, 6.07) is 18.7. The second kappa shape index (κ2) is 9.61. The first-order valence-corrected chi connectivity index (χ1v) is 12.1. The van der Waals surface area contributed by atoms with Gasteiger partial charge in [0.2, 0.25) is 0 Å². The highest BCUT2D eigenvalue weighted by Gasteiger charge is 2.21. The SMILES string of the molecule is COC(=O)c1ccc2c(c1)c(CCc1ccc(C)cc1)c(-c1cccs1)n2CCc1nn[nH]n1. The van der Waals surface area contributed by atoms with Crippen molar-refractivity contribution in [3.05, 3.63) is 88.1 Å². The lowest BCUT2D eigenvalue weighted by molar-refractivity contribution is 0.0601. The van der Waals surface area contributed by atoms with Crippen LogP contribution < -0.4 is 0 Å². The molecule has 2 aromatic carbocycles. The largest absolute Gasteiger partial charge is 0.465 e. The van der Waals surface area contributed by atoms with Gasteiger partial charge in [0, 0.05) is 23.9 Å². The van der Waals surface area contributed by atoms with E-state index in [0.29, 0.717) is 24.4 Å². The lowest BCUT2D eigenvalue weighted by Gasteiger charge is -2.11. The number of thiophene rings is 1. The molecule has 0 atom stereocenters. The number of rotatable bonds is 8. The monoisotopic (exact) mass is 471 g/mol. The number of fused-ring (bicyclic) bond motifs is 1. The van der Waals surface area contributed by atoms with Gasteiger partial charge in [0.25, 0.3) is 0 Å². The molecule has 34 heavy (non-hydrogen) atoms. The minimum absolute atomic E-state index is 0.330. The molecule has 0 aliphatic rings. The van der Waals surface area contributed by atoms with Gasteiger partial charge in [0.15, 0.2) is 5.82 Å². The Morgan fingerprint density at radius 3 is 2.65 bits per heavy atom. The van der Waals surface area contributed by atoms with Gasteiger partial charge < -0.3 is 9.30 Å². The van der Waals surface area contributed by atoms with Gasteiger partial charge in [0.1, 0.15) is 0 Å². The van der Waals surface area contributed by atoms with E-state index in [2.05, 4.69) is 73.9 Å². The lowest BCUT2D eigenvalue weighted by atomic mass is 9.99. The van der Waals surface area contributed by atoms with Crippen LogP contribution in [0.3, 0.4) is 0 Å². The Bertz CT molecular complexity index is 1400. The number of nitrogens with one attached hydrogen (secondary N) is 1. The predicted octanol–water partition coefficient (Wildman–Crippen LogP) is 5.01. The molecule has 0 aliphatic carbocycles. The van der Waals surface area contributed by atoms with Gasteiger partial charge in [-0.15, -0.1) is 21.5 Å². The number of esters is 1. The number of aromatic amines is 1. The molecular weight excluding hydrogens is 446 g/mol. The minimum atomic E-state index is -0.330. The van der Waals surface area contributed by atoms with Gasteiger partial charge in [-0.1, -0.05) is 41.1 Å². The van der Waals surface area contributed by atoms with E-state index in [1.807, 2.05) is 18.2 Å². The normalized spacial score (nSPS) is 11.2. The molecule has 0 bridgehead atoms. The Balaban J connectivity index is 1.64. The molecule has 0 spiro atoms. The van der Waals surface area contributed by atoms with E-state index in [1.54, 1.807) is 11.3 Å². The number of ether oxygens (including phenoxy) is 1. The second-order valence-electron chi connectivity index (χ2n) is 8.24. The topological polar surface area (TPSA) is 85.7 Å². The number of benzene rings is 2. The fraction of sp³-hybridized carbons (Fsp3) is 0.231. The molecule has 7 nitrogen and oxygen atoms in total. The Morgan fingerprint density at radius 1 is 1.09 bits per heavy atom. The summed E-state index contributed by atoms with van der Waals surface area (Å²) in [6.45, 7) is 2.80. The number of aryl methyl sites for hydroxylation is 5. The van der Waals surface area contributed by atoms with E-state index in [-0.39, 0.29) is 5.97 Å². The molecule has 8 heteroatoms. The van der Waals surface area contributed by atoms with Crippen molar-refractivity contribution in [2.75, 3.05) is 7.11 Å². The Labute approximate surface area is 201 Å². The van der Waals surface area contributed by atoms with Crippen molar-refractivity contribution in [2.45, 2.75) is 32.7 Å². The molecule has 0 saturated carbocycles. The first-order chi connectivity index (χ1) is 16.6. The number of aromatic nitrogens is 5. The fourth-order valence-electron chi connectivity index (χ4n) is 4.37. The van der Waals surface area contributed by atoms with Gasteiger partial charge in [0.05, 0.1) is 23.2 Å². The van der Waals surface area contributed by atoms with Crippen LogP contribution in [0.15, 0.2) is 60.0 Å². The van der Waals surface area contributed by atoms with E-state index in [1.165, 1.54) is 34.4 Å². The highest BCUT2D eigenvalue weighted by Crippen LogP contribution is 2.38. The molecule has 5 rings (SSSR count). The van der Waals surface area contributed by atoms with Crippen LogP contribution in [0, 0.1) is 6.92 Å². The van der Waals surface area contributed by atoms with Crippen LogP contribution in [0.4, 0.5) is 0 Å². The number of hydrogen-bond acceptors (Lipinski definition) is 6. The lowest BCUT2D eigenvalue weighted by Crippen LogP contribution is -2.05. The van der Waals surface area contributed by atoms with E-state index in [9.17, 15) is 4.79 Å². The summed E-state index contributed by atoms with van der Waals surface area (Å²) >= 11 is 1.72. The minimum Gasteiger partial charge on any atom is -0.465 e. The molecule has 3 aromatic heterocycles. The summed E-state index contributed by atoms with van der Waals surface area (Å²) in [5.74, 6) is 0.343. The molecule has 0 aliphatic heterocycles. The number of methoxy groups -OCH3 is 1. The number of tetrazole rings is 1. The standard InChI is InChI=1S/C26H25N5O2S/c1-17-5-7-18(8-6-17)9-11-20-21-16-19(26(32)33-2)10-12-22(21)31(14-13-24-27-29-30-28-24)25(20)23-4-3-15-34-23/h3-8,10,12,15-16H,9,11,13-14H2,1-2H3,(H,27,28,29,30). The van der Waals surface area contributed by atoms with Crippen molar-refractivity contribution in [2.24, 2.45) is 0 Å². The zero-order valence-electron chi connectivity index (χ0n) is 19.1. The maximum Gasteiger partial charge on any atom is 0.337 e. The van der Waals surface area contributed by atoms with E-state index in [4.69, 9.17) is 4.74 Å². The molecule has 0 radical (unpaired) electrons. The summed E-state index contributed by atoms with van der Waals surface area (Å²) in [5, 5.41) is 17.6. The van der Waals surface area contributed by atoms with E-state index >= 15 is 0 Å². The number of carbonyl (C=O) groups is 1. The molecule has 5 aromatic rings. The van der Waals surface area contributed by atoms with Crippen molar-refractivity contribution in [3.8, 4) is 10.6 Å². The van der Waals surface area contributed by atoms with Crippen molar-refractivity contribution >= 4 is 28.2 Å². The van der Waals surface area contributed by atoms with Crippen molar-refractivity contribution < 1.29 is 9.53 Å². The third kappa shape index (κ3) is 4.36. The predicted molar refractivity (Wildman–Crippen MR) is 133 cm³/mol. The highest BCUT2D eigenvalue weighted by molar-refractivity contribution is 7.13. The van der Waals surface area contributed by atoms with Crippen molar-refractivity contribution in [1.29, 1.82) is 0 Å². The average molecular weight is 472 g/mol. The summed E-state index contributed by atoms with van der Waals surface area (Å²) in [5.41, 5.74) is 6.60. The zero-order valence-corrected chi connectivity index (χ0v) is 19.9. The van der Waals surface area contributed by atoms with E-state index < -0.39 is 0 Å². The Kier molecular flexibility index (Phi) is 6.22. The maximum atomic E-state index is 12.3. The van der Waals surface area contributed by atoms with E-state index in [0.717, 1.165) is 23.7 Å². The number of carbonyl (C=O) groups excluding carboxylic acids is 1. The molecule has 3 heterocycles.